The Bertz CT molecular complexity index is 424. The summed E-state index contributed by atoms with van der Waals surface area (Å²) in [6.07, 6.45) is -4.18. The van der Waals surface area contributed by atoms with Gasteiger partial charge in [0.15, 0.2) is 0 Å². The largest absolute Gasteiger partial charge is 0.401 e. The molecule has 6 heteroatoms. The van der Waals surface area contributed by atoms with Crippen LogP contribution in [0.15, 0.2) is 18.2 Å². The zero-order valence-electron chi connectivity index (χ0n) is 12.4. The fourth-order valence-corrected chi connectivity index (χ4v) is 1.71. The van der Waals surface area contributed by atoms with Crippen LogP contribution in [0, 0.1) is 0 Å². The maximum absolute atomic E-state index is 12.3. The second-order valence-corrected chi connectivity index (χ2v) is 6.01. The lowest BCUT2D eigenvalue weighted by molar-refractivity contribution is -0.144. The van der Waals surface area contributed by atoms with E-state index in [0.717, 1.165) is 5.69 Å². The molecule has 0 amide bonds. The van der Waals surface area contributed by atoms with E-state index in [4.69, 9.17) is 0 Å². The predicted molar refractivity (Wildman–Crippen MR) is 73.2 cm³/mol. The Kier molecular flexibility index (Phi) is 5.53. The number of pyridine rings is 1. The maximum atomic E-state index is 12.3. The lowest BCUT2D eigenvalue weighted by atomic mass is 10.1. The van der Waals surface area contributed by atoms with Crippen molar-refractivity contribution in [2.75, 3.05) is 13.6 Å². The highest BCUT2D eigenvalue weighted by Gasteiger charge is 2.29. The van der Waals surface area contributed by atoms with E-state index in [2.05, 4.69) is 10.3 Å². The van der Waals surface area contributed by atoms with E-state index in [-0.39, 0.29) is 12.1 Å². The molecule has 0 aliphatic rings. The first-order chi connectivity index (χ1) is 9.05. The minimum absolute atomic E-state index is 0.0231. The van der Waals surface area contributed by atoms with Gasteiger partial charge in [0.05, 0.1) is 17.9 Å². The average molecular weight is 289 g/mol. The van der Waals surface area contributed by atoms with Crippen molar-refractivity contribution >= 4 is 0 Å². The van der Waals surface area contributed by atoms with Gasteiger partial charge in [0.2, 0.25) is 0 Å². The number of nitrogens with one attached hydrogen (secondary N) is 1. The van der Waals surface area contributed by atoms with Gasteiger partial charge in [-0.05, 0) is 40.0 Å². The molecule has 0 aliphatic heterocycles. The molecule has 0 spiro atoms. The molecule has 1 aromatic heterocycles. The topological polar surface area (TPSA) is 28.2 Å². The Balaban J connectivity index is 2.59. The minimum atomic E-state index is -4.18. The summed E-state index contributed by atoms with van der Waals surface area (Å²) in [5.74, 6) is 0. The second kappa shape index (κ2) is 6.54. The van der Waals surface area contributed by atoms with Crippen LogP contribution >= 0.6 is 0 Å². The molecule has 3 nitrogen and oxygen atoms in total. The molecule has 1 heterocycles. The van der Waals surface area contributed by atoms with Crippen molar-refractivity contribution in [3.8, 4) is 0 Å². The Morgan fingerprint density at radius 2 is 1.75 bits per heavy atom. The molecular weight excluding hydrogens is 267 g/mol. The van der Waals surface area contributed by atoms with Crippen molar-refractivity contribution in [1.29, 1.82) is 0 Å². The van der Waals surface area contributed by atoms with Crippen LogP contribution in [-0.4, -0.2) is 35.2 Å². The van der Waals surface area contributed by atoms with Crippen molar-refractivity contribution in [3.05, 3.63) is 29.6 Å². The molecule has 0 atom stereocenters. The third-order valence-electron chi connectivity index (χ3n) is 2.55. The van der Waals surface area contributed by atoms with E-state index < -0.39 is 12.7 Å². The first kappa shape index (κ1) is 16.9. The Morgan fingerprint density at radius 3 is 2.30 bits per heavy atom. The van der Waals surface area contributed by atoms with Gasteiger partial charge in [-0.25, -0.2) is 0 Å². The van der Waals surface area contributed by atoms with E-state index in [1.54, 1.807) is 6.07 Å². The van der Waals surface area contributed by atoms with Gasteiger partial charge in [-0.2, -0.15) is 13.2 Å². The zero-order valence-corrected chi connectivity index (χ0v) is 12.4. The van der Waals surface area contributed by atoms with Crippen LogP contribution < -0.4 is 5.32 Å². The number of rotatable bonds is 5. The van der Waals surface area contributed by atoms with Gasteiger partial charge in [-0.15, -0.1) is 0 Å². The highest BCUT2D eigenvalue weighted by Crippen LogP contribution is 2.16. The van der Waals surface area contributed by atoms with Crippen molar-refractivity contribution < 1.29 is 13.2 Å². The third kappa shape index (κ3) is 7.45. The first-order valence-corrected chi connectivity index (χ1v) is 6.50. The third-order valence-corrected chi connectivity index (χ3v) is 2.55. The number of aromatic nitrogens is 1. The summed E-state index contributed by atoms with van der Waals surface area (Å²) in [5.41, 5.74) is 1.45. The predicted octanol–water partition coefficient (Wildman–Crippen LogP) is 2.96. The van der Waals surface area contributed by atoms with E-state index in [9.17, 15) is 13.2 Å². The summed E-state index contributed by atoms with van der Waals surface area (Å²) in [4.78, 5) is 5.59. The SMILES string of the molecule is CN(Cc1cccc(CNC(C)(C)C)n1)CC(F)(F)F. The maximum Gasteiger partial charge on any atom is 0.401 e. The molecule has 20 heavy (non-hydrogen) atoms. The van der Waals surface area contributed by atoms with E-state index in [1.165, 1.54) is 11.9 Å². The molecule has 0 fully saturated rings. The normalized spacial score (nSPS) is 13.0. The summed E-state index contributed by atoms with van der Waals surface area (Å²) in [6.45, 7) is 6.00. The van der Waals surface area contributed by atoms with E-state index in [0.29, 0.717) is 12.2 Å². The molecule has 0 bridgehead atoms. The van der Waals surface area contributed by atoms with Crippen LogP contribution in [0.5, 0.6) is 0 Å². The highest BCUT2D eigenvalue weighted by molar-refractivity contribution is 5.11. The lowest BCUT2D eigenvalue weighted by Gasteiger charge is -2.21. The van der Waals surface area contributed by atoms with Crippen LogP contribution in [0.25, 0.3) is 0 Å². The van der Waals surface area contributed by atoms with Gasteiger partial charge >= 0.3 is 6.18 Å². The molecule has 1 N–H and O–H groups in total. The van der Waals surface area contributed by atoms with Gasteiger partial charge in [0, 0.05) is 18.6 Å². The van der Waals surface area contributed by atoms with Crippen molar-refractivity contribution in [2.45, 2.75) is 45.6 Å². The number of hydrogen-bond acceptors (Lipinski definition) is 3. The fourth-order valence-electron chi connectivity index (χ4n) is 1.71. The molecule has 1 aromatic rings. The fraction of sp³-hybridized carbons (Fsp3) is 0.643. The van der Waals surface area contributed by atoms with Crippen molar-refractivity contribution in [2.24, 2.45) is 0 Å². The van der Waals surface area contributed by atoms with Crippen LogP contribution in [-0.2, 0) is 13.1 Å². The molecule has 0 saturated heterocycles. The number of alkyl halides is 3. The molecule has 0 saturated carbocycles. The molecule has 1 rings (SSSR count). The summed E-state index contributed by atoms with van der Waals surface area (Å²) >= 11 is 0. The molecule has 0 radical (unpaired) electrons. The van der Waals surface area contributed by atoms with Crippen LogP contribution in [0.2, 0.25) is 0 Å². The van der Waals surface area contributed by atoms with E-state index in [1.807, 2.05) is 32.9 Å². The van der Waals surface area contributed by atoms with Crippen LogP contribution in [0.1, 0.15) is 32.2 Å². The Labute approximate surface area is 118 Å². The Hall–Kier alpha value is -1.14. The second-order valence-electron chi connectivity index (χ2n) is 6.01. The van der Waals surface area contributed by atoms with Gasteiger partial charge in [-0.3, -0.25) is 9.88 Å². The van der Waals surface area contributed by atoms with Gasteiger partial charge in [-0.1, -0.05) is 6.07 Å². The number of nitrogens with zero attached hydrogens (tertiary/aromatic N) is 2. The van der Waals surface area contributed by atoms with Crippen LogP contribution in [0.4, 0.5) is 13.2 Å². The molecule has 0 aromatic carbocycles. The molecule has 114 valence electrons. The quantitative estimate of drug-likeness (QED) is 0.903. The minimum Gasteiger partial charge on any atom is -0.306 e. The molecule has 0 aliphatic carbocycles. The van der Waals surface area contributed by atoms with Crippen molar-refractivity contribution in [1.82, 2.24) is 15.2 Å². The highest BCUT2D eigenvalue weighted by atomic mass is 19.4. The summed E-state index contributed by atoms with van der Waals surface area (Å²) < 4.78 is 36.8. The lowest BCUT2D eigenvalue weighted by Crippen LogP contribution is -2.35. The standard InChI is InChI=1S/C14H22F3N3/c1-13(2,3)18-8-11-6-5-7-12(19-11)9-20(4)10-14(15,16)17/h5-7,18H,8-10H2,1-4H3. The van der Waals surface area contributed by atoms with Crippen LogP contribution in [0.3, 0.4) is 0 Å². The average Bonchev–Trinajstić information content (AvgIpc) is 2.23. The number of hydrogen-bond donors (Lipinski definition) is 1. The molecule has 0 unspecified atom stereocenters. The van der Waals surface area contributed by atoms with Gasteiger partial charge in [0.25, 0.3) is 0 Å². The van der Waals surface area contributed by atoms with Crippen molar-refractivity contribution in [3.63, 3.8) is 0 Å². The monoisotopic (exact) mass is 289 g/mol. The zero-order chi connectivity index (χ0) is 15.4. The Morgan fingerprint density at radius 1 is 1.15 bits per heavy atom. The summed E-state index contributed by atoms with van der Waals surface area (Å²) in [7, 11) is 1.44. The van der Waals surface area contributed by atoms with E-state index >= 15 is 0 Å². The summed E-state index contributed by atoms with van der Waals surface area (Å²) in [5, 5.41) is 3.30. The number of halogens is 3. The summed E-state index contributed by atoms with van der Waals surface area (Å²) in [6, 6.07) is 5.43. The van der Waals surface area contributed by atoms with Gasteiger partial charge in [0.1, 0.15) is 0 Å². The molecular formula is C14H22F3N3. The first-order valence-electron chi connectivity index (χ1n) is 6.50. The smallest absolute Gasteiger partial charge is 0.306 e. The van der Waals surface area contributed by atoms with Gasteiger partial charge < -0.3 is 5.32 Å².